The normalized spacial score (nSPS) is 44.8. The van der Waals surface area contributed by atoms with Gasteiger partial charge in [-0.2, -0.15) is 0 Å². The summed E-state index contributed by atoms with van der Waals surface area (Å²) in [5, 5.41) is 17.0. The van der Waals surface area contributed by atoms with Gasteiger partial charge in [-0.15, -0.1) is 0 Å². The van der Waals surface area contributed by atoms with Crippen LogP contribution in [0.25, 0.3) is 0 Å². The number of carboxylic acids is 1. The Bertz CT molecular complexity index is 281. The molecular formula is C12H18O3. The second kappa shape index (κ2) is 3.97. The van der Waals surface area contributed by atoms with Crippen LogP contribution >= 0.6 is 0 Å². The average molecular weight is 210 g/mol. The molecule has 0 aromatic carbocycles. The second-order valence-electron chi connectivity index (χ2n) is 4.89. The predicted octanol–water partition coefficient (Wildman–Crippen LogP) is 1.67. The topological polar surface area (TPSA) is 57.5 Å². The number of aliphatic carboxylic acids is 1. The van der Waals surface area contributed by atoms with Gasteiger partial charge in [0, 0.05) is 6.92 Å². The SMILES string of the molecule is CC(=O)O.OC1CC2CC1C1C=CCC21. The summed E-state index contributed by atoms with van der Waals surface area (Å²) >= 11 is 0. The zero-order valence-corrected chi connectivity index (χ0v) is 8.97. The minimum Gasteiger partial charge on any atom is -0.481 e. The molecule has 2 saturated carbocycles. The largest absolute Gasteiger partial charge is 0.481 e. The molecule has 3 rings (SSSR count). The number of hydrogen-bond acceptors (Lipinski definition) is 2. The van der Waals surface area contributed by atoms with E-state index in [1.807, 2.05) is 0 Å². The van der Waals surface area contributed by atoms with Crippen LogP contribution < -0.4 is 0 Å². The summed E-state index contributed by atoms with van der Waals surface area (Å²) in [5.74, 6) is 2.32. The van der Waals surface area contributed by atoms with E-state index in [1.165, 1.54) is 12.8 Å². The van der Waals surface area contributed by atoms with Crippen molar-refractivity contribution in [2.24, 2.45) is 23.7 Å². The van der Waals surface area contributed by atoms with E-state index in [9.17, 15) is 5.11 Å². The number of carboxylic acid groups (broad SMARTS) is 1. The minimum atomic E-state index is -0.833. The van der Waals surface area contributed by atoms with Gasteiger partial charge in [-0.05, 0) is 42.9 Å². The highest BCUT2D eigenvalue weighted by Gasteiger charge is 2.51. The molecule has 0 aromatic heterocycles. The van der Waals surface area contributed by atoms with E-state index < -0.39 is 5.97 Å². The Morgan fingerprint density at radius 3 is 2.67 bits per heavy atom. The van der Waals surface area contributed by atoms with Gasteiger partial charge in [-0.3, -0.25) is 4.79 Å². The Morgan fingerprint density at radius 1 is 1.33 bits per heavy atom. The number of carbonyl (C=O) groups is 1. The summed E-state index contributed by atoms with van der Waals surface area (Å²) in [4.78, 5) is 9.00. The van der Waals surface area contributed by atoms with Gasteiger partial charge in [0.15, 0.2) is 0 Å². The van der Waals surface area contributed by atoms with E-state index in [-0.39, 0.29) is 6.10 Å². The van der Waals surface area contributed by atoms with Crippen molar-refractivity contribution in [3.8, 4) is 0 Å². The molecule has 5 unspecified atom stereocenters. The van der Waals surface area contributed by atoms with Crippen molar-refractivity contribution in [3.63, 3.8) is 0 Å². The number of rotatable bonds is 0. The summed E-state index contributed by atoms with van der Waals surface area (Å²) in [6.07, 6.45) is 8.38. The molecule has 3 aliphatic rings. The molecule has 15 heavy (non-hydrogen) atoms. The Hall–Kier alpha value is -0.830. The maximum atomic E-state index is 9.63. The van der Waals surface area contributed by atoms with Crippen LogP contribution in [0, 0.1) is 23.7 Å². The van der Waals surface area contributed by atoms with Crippen molar-refractivity contribution >= 4 is 5.97 Å². The van der Waals surface area contributed by atoms with Gasteiger partial charge in [-0.25, -0.2) is 0 Å². The quantitative estimate of drug-likeness (QED) is 0.598. The van der Waals surface area contributed by atoms with Crippen molar-refractivity contribution in [1.29, 1.82) is 0 Å². The number of fused-ring (bicyclic) bond motifs is 5. The summed E-state index contributed by atoms with van der Waals surface area (Å²) in [7, 11) is 0. The molecule has 0 saturated heterocycles. The van der Waals surface area contributed by atoms with Gasteiger partial charge in [-0.1, -0.05) is 12.2 Å². The van der Waals surface area contributed by atoms with E-state index in [0.717, 1.165) is 31.1 Å². The van der Waals surface area contributed by atoms with Crippen LogP contribution in [0.1, 0.15) is 26.2 Å². The Kier molecular flexibility index (Phi) is 2.83. The third-order valence-corrected chi connectivity index (χ3v) is 3.97. The number of hydrogen-bond donors (Lipinski definition) is 2. The zero-order chi connectivity index (χ0) is 11.0. The van der Waals surface area contributed by atoms with Gasteiger partial charge in [0.2, 0.25) is 0 Å². The summed E-state index contributed by atoms with van der Waals surface area (Å²) in [6.45, 7) is 1.08. The molecule has 0 heterocycles. The second-order valence-corrected chi connectivity index (χ2v) is 4.89. The maximum absolute atomic E-state index is 9.63. The maximum Gasteiger partial charge on any atom is 0.300 e. The van der Waals surface area contributed by atoms with E-state index in [0.29, 0.717) is 5.92 Å². The van der Waals surface area contributed by atoms with Crippen LogP contribution in [0.5, 0.6) is 0 Å². The number of aliphatic hydroxyl groups excluding tert-OH is 1. The Labute approximate surface area is 89.8 Å². The molecular weight excluding hydrogens is 192 g/mol. The first-order valence-electron chi connectivity index (χ1n) is 5.64. The van der Waals surface area contributed by atoms with Gasteiger partial charge in [0.05, 0.1) is 6.10 Å². The standard InChI is InChI=1S/C10H14O.C2H4O2/c11-10-5-6-4-9(10)8-3-1-2-7(6)8;1-2(3)4/h1,3,6-11H,2,4-5H2;1H3,(H,3,4). The van der Waals surface area contributed by atoms with Crippen LogP contribution in [0.3, 0.4) is 0 Å². The third-order valence-electron chi connectivity index (χ3n) is 3.97. The zero-order valence-electron chi connectivity index (χ0n) is 8.97. The summed E-state index contributed by atoms with van der Waals surface area (Å²) in [5.41, 5.74) is 0. The molecule has 0 radical (unpaired) electrons. The van der Waals surface area contributed by atoms with E-state index in [4.69, 9.17) is 9.90 Å². The predicted molar refractivity (Wildman–Crippen MR) is 56.3 cm³/mol. The minimum absolute atomic E-state index is 0.0315. The molecule has 5 atom stereocenters. The highest BCUT2D eigenvalue weighted by atomic mass is 16.4. The molecule has 0 amide bonds. The molecule has 2 N–H and O–H groups in total. The molecule has 84 valence electrons. The molecule has 3 heteroatoms. The van der Waals surface area contributed by atoms with Crippen molar-refractivity contribution in [3.05, 3.63) is 12.2 Å². The highest BCUT2D eigenvalue weighted by molar-refractivity contribution is 5.62. The molecule has 2 fully saturated rings. The first-order valence-corrected chi connectivity index (χ1v) is 5.64. The summed E-state index contributed by atoms with van der Waals surface area (Å²) in [6, 6.07) is 0. The molecule has 2 bridgehead atoms. The average Bonchev–Trinajstić information content (AvgIpc) is 2.70. The smallest absolute Gasteiger partial charge is 0.300 e. The van der Waals surface area contributed by atoms with Crippen LogP contribution in [0.4, 0.5) is 0 Å². The van der Waals surface area contributed by atoms with Crippen molar-refractivity contribution in [1.82, 2.24) is 0 Å². The van der Waals surface area contributed by atoms with Crippen LogP contribution in [-0.4, -0.2) is 22.3 Å². The van der Waals surface area contributed by atoms with Crippen LogP contribution in [0.2, 0.25) is 0 Å². The van der Waals surface area contributed by atoms with Gasteiger partial charge in [0.1, 0.15) is 0 Å². The monoisotopic (exact) mass is 210 g/mol. The molecule has 0 spiro atoms. The van der Waals surface area contributed by atoms with E-state index in [2.05, 4.69) is 12.2 Å². The Morgan fingerprint density at radius 2 is 2.00 bits per heavy atom. The third kappa shape index (κ3) is 1.93. The lowest BCUT2D eigenvalue weighted by Crippen LogP contribution is -2.27. The molecule has 3 aliphatic carbocycles. The molecule has 0 aromatic rings. The van der Waals surface area contributed by atoms with Gasteiger partial charge >= 0.3 is 0 Å². The van der Waals surface area contributed by atoms with Crippen molar-refractivity contribution < 1.29 is 15.0 Å². The lowest BCUT2D eigenvalue weighted by atomic mass is 9.80. The fourth-order valence-electron chi connectivity index (χ4n) is 3.51. The molecule has 3 nitrogen and oxygen atoms in total. The number of aliphatic hydroxyl groups is 1. The van der Waals surface area contributed by atoms with E-state index >= 15 is 0 Å². The van der Waals surface area contributed by atoms with Crippen molar-refractivity contribution in [2.75, 3.05) is 0 Å². The lowest BCUT2D eigenvalue weighted by Gasteiger charge is -2.27. The van der Waals surface area contributed by atoms with Crippen LogP contribution in [0.15, 0.2) is 12.2 Å². The Balaban J connectivity index is 0.000000188. The van der Waals surface area contributed by atoms with Crippen LogP contribution in [-0.2, 0) is 4.79 Å². The van der Waals surface area contributed by atoms with Crippen molar-refractivity contribution in [2.45, 2.75) is 32.3 Å². The lowest BCUT2D eigenvalue weighted by molar-refractivity contribution is -0.134. The van der Waals surface area contributed by atoms with Gasteiger partial charge < -0.3 is 10.2 Å². The fraction of sp³-hybridized carbons (Fsp3) is 0.750. The van der Waals surface area contributed by atoms with Gasteiger partial charge in [0.25, 0.3) is 5.97 Å². The van der Waals surface area contributed by atoms with E-state index in [1.54, 1.807) is 0 Å². The fourth-order valence-corrected chi connectivity index (χ4v) is 3.51. The highest BCUT2D eigenvalue weighted by Crippen LogP contribution is 2.56. The first kappa shape index (κ1) is 10.7. The first-order chi connectivity index (χ1) is 7.09. The summed E-state index contributed by atoms with van der Waals surface area (Å²) < 4.78 is 0. The number of allylic oxidation sites excluding steroid dienone is 2. The molecule has 0 aliphatic heterocycles.